The van der Waals surface area contributed by atoms with Crippen LogP contribution in [0, 0.1) is 18.9 Å². The van der Waals surface area contributed by atoms with Crippen molar-refractivity contribution in [3.8, 4) is 0 Å². The lowest BCUT2D eigenvalue weighted by Gasteiger charge is -2.34. The number of rotatable bonds is 5. The van der Waals surface area contributed by atoms with Crippen LogP contribution in [0.4, 0.5) is 0 Å². The van der Waals surface area contributed by atoms with Gasteiger partial charge in [-0.05, 0) is 31.8 Å². The molecule has 1 heterocycles. The van der Waals surface area contributed by atoms with E-state index in [2.05, 4.69) is 61.4 Å². The summed E-state index contributed by atoms with van der Waals surface area (Å²) >= 11 is 0. The van der Waals surface area contributed by atoms with E-state index in [4.69, 9.17) is 0 Å². The SMILES string of the molecule is [CH2-][NH2+][C@@H](c1ccccc1)[C@@H](C)CN1CCC(C)CC1. The third-order valence-electron chi connectivity index (χ3n) is 4.47. The van der Waals surface area contributed by atoms with Gasteiger partial charge in [0.25, 0.3) is 0 Å². The maximum Gasteiger partial charge on any atom is 0.0914 e. The van der Waals surface area contributed by atoms with Crippen LogP contribution in [0.25, 0.3) is 0 Å². The first-order valence-electron chi connectivity index (χ1n) is 7.60. The minimum Gasteiger partial charge on any atom is -0.472 e. The monoisotopic (exact) mass is 260 g/mol. The Morgan fingerprint density at radius 2 is 1.89 bits per heavy atom. The van der Waals surface area contributed by atoms with E-state index in [-0.39, 0.29) is 0 Å². The summed E-state index contributed by atoms with van der Waals surface area (Å²) in [7, 11) is 4.05. The molecule has 1 aromatic carbocycles. The summed E-state index contributed by atoms with van der Waals surface area (Å²) in [5.74, 6) is 1.55. The van der Waals surface area contributed by atoms with E-state index < -0.39 is 0 Å². The van der Waals surface area contributed by atoms with E-state index in [1.807, 2.05) is 0 Å². The Kier molecular flexibility index (Phi) is 5.41. The van der Waals surface area contributed by atoms with Crippen LogP contribution in [0.15, 0.2) is 30.3 Å². The predicted octanol–water partition coefficient (Wildman–Crippen LogP) is 2.45. The van der Waals surface area contributed by atoms with Gasteiger partial charge in [-0.3, -0.25) is 0 Å². The molecule has 2 rings (SSSR count). The Labute approximate surface area is 118 Å². The summed E-state index contributed by atoms with van der Waals surface area (Å²) in [6.45, 7) is 8.46. The number of nitrogens with two attached hydrogens (primary N) is 1. The maximum absolute atomic E-state index is 4.05. The van der Waals surface area contributed by atoms with Gasteiger partial charge in [0.2, 0.25) is 0 Å². The Hall–Kier alpha value is -0.860. The Morgan fingerprint density at radius 1 is 1.26 bits per heavy atom. The molecule has 1 fully saturated rings. The summed E-state index contributed by atoms with van der Waals surface area (Å²) in [4.78, 5) is 2.63. The summed E-state index contributed by atoms with van der Waals surface area (Å²) in [5.41, 5.74) is 1.40. The van der Waals surface area contributed by atoms with Gasteiger partial charge >= 0.3 is 0 Å². The number of benzene rings is 1. The van der Waals surface area contributed by atoms with Crippen LogP contribution in [0.2, 0.25) is 0 Å². The highest BCUT2D eigenvalue weighted by molar-refractivity contribution is 5.17. The Balaban J connectivity index is 1.92. The zero-order valence-corrected chi connectivity index (χ0v) is 12.4. The van der Waals surface area contributed by atoms with Crippen molar-refractivity contribution in [1.82, 2.24) is 4.90 Å². The van der Waals surface area contributed by atoms with Gasteiger partial charge in [0.05, 0.1) is 6.04 Å². The topological polar surface area (TPSA) is 19.9 Å². The fourth-order valence-electron chi connectivity index (χ4n) is 3.14. The van der Waals surface area contributed by atoms with Crippen LogP contribution in [-0.4, -0.2) is 24.5 Å². The molecule has 1 aliphatic heterocycles. The molecule has 0 saturated carbocycles. The highest BCUT2D eigenvalue weighted by atomic mass is 15.1. The van der Waals surface area contributed by atoms with Crippen molar-refractivity contribution in [3.05, 3.63) is 42.9 Å². The molecular formula is C17H28N2. The first-order valence-corrected chi connectivity index (χ1v) is 7.60. The number of likely N-dealkylation sites (tertiary alicyclic amines) is 1. The van der Waals surface area contributed by atoms with E-state index in [0.717, 1.165) is 5.92 Å². The van der Waals surface area contributed by atoms with Crippen molar-refractivity contribution in [2.75, 3.05) is 19.6 Å². The largest absolute Gasteiger partial charge is 0.472 e. The highest BCUT2D eigenvalue weighted by Crippen LogP contribution is 2.22. The molecule has 2 atom stereocenters. The standard InChI is InChI=1S/C17H28N2/c1-14-9-11-19(12-10-14)13-15(2)17(18-3)16-7-5-4-6-8-16/h4-8,14-15,17H,3,9-13,18H2,1-2H3/t15-,17+/m0/s1. The lowest BCUT2D eigenvalue weighted by atomic mass is 9.92. The Bertz CT molecular complexity index is 355. The summed E-state index contributed by atoms with van der Waals surface area (Å²) in [5, 5.41) is 2.12. The van der Waals surface area contributed by atoms with Gasteiger partial charge in [0, 0.05) is 18.0 Å². The molecule has 1 saturated heterocycles. The zero-order chi connectivity index (χ0) is 13.7. The second kappa shape index (κ2) is 7.06. The van der Waals surface area contributed by atoms with Crippen LogP contribution in [0.3, 0.4) is 0 Å². The molecule has 0 aromatic heterocycles. The quantitative estimate of drug-likeness (QED) is 0.806. The average Bonchev–Trinajstić information content (AvgIpc) is 2.43. The summed E-state index contributed by atoms with van der Waals surface area (Å²) < 4.78 is 0. The minimum absolute atomic E-state index is 0.473. The summed E-state index contributed by atoms with van der Waals surface area (Å²) in [6.07, 6.45) is 2.72. The first kappa shape index (κ1) is 14.5. The second-order valence-electron chi connectivity index (χ2n) is 6.13. The molecule has 0 unspecified atom stereocenters. The smallest absolute Gasteiger partial charge is 0.0914 e. The van der Waals surface area contributed by atoms with Gasteiger partial charge in [-0.2, -0.15) is 7.05 Å². The number of quaternary nitrogens is 1. The van der Waals surface area contributed by atoms with E-state index in [9.17, 15) is 0 Å². The number of piperidine rings is 1. The molecule has 106 valence electrons. The van der Waals surface area contributed by atoms with Crippen LogP contribution in [-0.2, 0) is 0 Å². The van der Waals surface area contributed by atoms with E-state index in [0.29, 0.717) is 12.0 Å². The van der Waals surface area contributed by atoms with Gasteiger partial charge in [0.15, 0.2) is 0 Å². The van der Waals surface area contributed by atoms with Crippen molar-refractivity contribution in [3.63, 3.8) is 0 Å². The molecule has 0 aliphatic carbocycles. The second-order valence-corrected chi connectivity index (χ2v) is 6.13. The molecular weight excluding hydrogens is 232 g/mol. The molecule has 1 aromatic rings. The minimum atomic E-state index is 0.473. The predicted molar refractivity (Wildman–Crippen MR) is 80.5 cm³/mol. The fraction of sp³-hybridized carbons (Fsp3) is 0.588. The normalized spacial score (nSPS) is 21.2. The molecule has 19 heavy (non-hydrogen) atoms. The van der Waals surface area contributed by atoms with Gasteiger partial charge in [-0.1, -0.05) is 44.2 Å². The highest BCUT2D eigenvalue weighted by Gasteiger charge is 2.23. The lowest BCUT2D eigenvalue weighted by Crippen LogP contribution is -2.80. The van der Waals surface area contributed by atoms with Crippen molar-refractivity contribution in [2.45, 2.75) is 32.7 Å². The van der Waals surface area contributed by atoms with Crippen molar-refractivity contribution < 1.29 is 5.32 Å². The van der Waals surface area contributed by atoms with Gasteiger partial charge in [-0.25, -0.2) is 0 Å². The maximum atomic E-state index is 4.05. The van der Waals surface area contributed by atoms with Gasteiger partial charge < -0.3 is 10.2 Å². The lowest BCUT2D eigenvalue weighted by molar-refractivity contribution is -0.648. The first-order chi connectivity index (χ1) is 9.20. The molecule has 0 amide bonds. The molecule has 0 radical (unpaired) electrons. The number of nitrogens with zero attached hydrogens (tertiary/aromatic N) is 1. The van der Waals surface area contributed by atoms with Crippen LogP contribution in [0.1, 0.15) is 38.3 Å². The molecule has 2 N–H and O–H groups in total. The van der Waals surface area contributed by atoms with Crippen LogP contribution in [0.5, 0.6) is 0 Å². The molecule has 0 spiro atoms. The van der Waals surface area contributed by atoms with Crippen molar-refractivity contribution in [1.29, 1.82) is 0 Å². The molecule has 0 bridgehead atoms. The molecule has 2 heteroatoms. The molecule has 1 aliphatic rings. The van der Waals surface area contributed by atoms with Gasteiger partial charge in [-0.15, -0.1) is 0 Å². The van der Waals surface area contributed by atoms with E-state index in [1.165, 1.54) is 38.0 Å². The summed E-state index contributed by atoms with van der Waals surface area (Å²) in [6, 6.07) is 11.3. The van der Waals surface area contributed by atoms with Crippen LogP contribution >= 0.6 is 0 Å². The van der Waals surface area contributed by atoms with Crippen LogP contribution < -0.4 is 5.32 Å². The van der Waals surface area contributed by atoms with Crippen molar-refractivity contribution >= 4 is 0 Å². The fourth-order valence-corrected chi connectivity index (χ4v) is 3.14. The third-order valence-corrected chi connectivity index (χ3v) is 4.47. The molecule has 2 nitrogen and oxygen atoms in total. The van der Waals surface area contributed by atoms with Gasteiger partial charge in [0.1, 0.15) is 0 Å². The van der Waals surface area contributed by atoms with E-state index >= 15 is 0 Å². The number of hydrogen-bond donors (Lipinski definition) is 1. The van der Waals surface area contributed by atoms with E-state index in [1.54, 1.807) is 0 Å². The number of hydrogen-bond acceptors (Lipinski definition) is 1. The van der Waals surface area contributed by atoms with Crippen molar-refractivity contribution in [2.24, 2.45) is 11.8 Å². The zero-order valence-electron chi connectivity index (χ0n) is 12.4. The average molecular weight is 260 g/mol. The third kappa shape index (κ3) is 4.05. The Morgan fingerprint density at radius 3 is 2.47 bits per heavy atom.